The van der Waals surface area contributed by atoms with Gasteiger partial charge < -0.3 is 9.90 Å². The van der Waals surface area contributed by atoms with Crippen molar-refractivity contribution in [3.63, 3.8) is 0 Å². The summed E-state index contributed by atoms with van der Waals surface area (Å²) in [5.41, 5.74) is -0.651. The summed E-state index contributed by atoms with van der Waals surface area (Å²) in [7, 11) is 0. The highest BCUT2D eigenvalue weighted by molar-refractivity contribution is 5.60. The van der Waals surface area contributed by atoms with Crippen LogP contribution in [0.5, 0.6) is 0 Å². The van der Waals surface area contributed by atoms with E-state index in [4.69, 9.17) is 0 Å². The van der Waals surface area contributed by atoms with Gasteiger partial charge in [0.2, 0.25) is 0 Å². The van der Waals surface area contributed by atoms with Crippen LogP contribution in [-0.4, -0.2) is 17.0 Å². The lowest BCUT2D eigenvalue weighted by atomic mass is 9.54. The summed E-state index contributed by atoms with van der Waals surface area (Å²) < 4.78 is 0. The largest absolute Gasteiger partial charge is 0.384 e. The number of aliphatic hydroxyl groups is 1. The number of hydrogen-bond acceptors (Lipinski definition) is 2. The summed E-state index contributed by atoms with van der Waals surface area (Å²) in [6.07, 6.45) is 17.9. The molecule has 3 unspecified atom stereocenters. The summed E-state index contributed by atoms with van der Waals surface area (Å²) in [6.45, 7) is 9.48. The van der Waals surface area contributed by atoms with Gasteiger partial charge in [-0.25, -0.2) is 0 Å². The van der Waals surface area contributed by atoms with Gasteiger partial charge >= 0.3 is 0 Å². The van der Waals surface area contributed by atoms with Gasteiger partial charge in [0.1, 0.15) is 6.29 Å². The van der Waals surface area contributed by atoms with Gasteiger partial charge in [-0.3, -0.25) is 0 Å². The average Bonchev–Trinajstić information content (AvgIpc) is 3.08. The van der Waals surface area contributed by atoms with Crippen molar-refractivity contribution < 1.29 is 9.90 Å². The van der Waals surface area contributed by atoms with Gasteiger partial charge in [0.15, 0.2) is 0 Å². The number of fused-ring (bicyclic) bond motifs is 5. The summed E-state index contributed by atoms with van der Waals surface area (Å²) in [6, 6.07) is 0. The predicted octanol–water partition coefficient (Wildman–Crippen LogP) is 6.18. The second-order valence-electron chi connectivity index (χ2n) is 11.6. The van der Waals surface area contributed by atoms with E-state index < -0.39 is 5.60 Å². The second-order valence-corrected chi connectivity index (χ2v) is 11.6. The van der Waals surface area contributed by atoms with Crippen LogP contribution in [0.2, 0.25) is 0 Å². The van der Waals surface area contributed by atoms with Gasteiger partial charge in [-0.15, -0.1) is 0 Å². The van der Waals surface area contributed by atoms with Crippen LogP contribution in [-0.2, 0) is 4.79 Å². The Balaban J connectivity index is 1.56. The Morgan fingerprint density at radius 2 is 1.89 bits per heavy atom. The molecule has 1 N–H and O–H groups in total. The molecule has 0 aliphatic heterocycles. The fourth-order valence-corrected chi connectivity index (χ4v) is 8.46. The molecular weight excluding hydrogens is 344 g/mol. The first-order valence-electron chi connectivity index (χ1n) is 12.1. The molecule has 0 aromatic heterocycles. The molecule has 0 spiro atoms. The number of carbonyl (C=O) groups excluding carboxylic acids is 1. The minimum Gasteiger partial charge on any atom is -0.384 e. The Kier molecular flexibility index (Phi) is 5.35. The molecule has 4 aliphatic rings. The van der Waals surface area contributed by atoms with E-state index in [2.05, 4.69) is 33.8 Å². The van der Waals surface area contributed by atoms with E-state index in [1.807, 2.05) is 6.08 Å². The zero-order valence-corrected chi connectivity index (χ0v) is 18.6. The molecule has 0 saturated heterocycles. The van der Waals surface area contributed by atoms with Crippen molar-refractivity contribution in [2.24, 2.45) is 46.3 Å². The smallest absolute Gasteiger partial charge is 0.126 e. The maximum Gasteiger partial charge on any atom is 0.126 e. The summed E-state index contributed by atoms with van der Waals surface area (Å²) in [4.78, 5) is 12.3. The van der Waals surface area contributed by atoms with E-state index in [-0.39, 0.29) is 11.3 Å². The molecule has 2 nitrogen and oxygen atoms in total. The Labute approximate surface area is 172 Å². The zero-order valence-electron chi connectivity index (χ0n) is 18.6. The molecule has 158 valence electrons. The fourth-order valence-electron chi connectivity index (χ4n) is 8.46. The Morgan fingerprint density at radius 3 is 2.61 bits per heavy atom. The average molecular weight is 387 g/mol. The number of unbranched alkanes of at least 4 members (excludes halogenated alkanes) is 1. The highest BCUT2D eigenvalue weighted by Crippen LogP contribution is 2.71. The Morgan fingerprint density at radius 1 is 1.11 bits per heavy atom. The van der Waals surface area contributed by atoms with E-state index in [1.54, 1.807) is 0 Å². The lowest BCUT2D eigenvalue weighted by Crippen LogP contribution is -2.49. The van der Waals surface area contributed by atoms with E-state index >= 15 is 0 Å². The van der Waals surface area contributed by atoms with Crippen molar-refractivity contribution in [3.8, 4) is 0 Å². The van der Waals surface area contributed by atoms with Gasteiger partial charge in [0.05, 0.1) is 11.5 Å². The van der Waals surface area contributed by atoms with Crippen LogP contribution in [0.3, 0.4) is 0 Å². The lowest BCUT2D eigenvalue weighted by molar-refractivity contribution is -0.123. The van der Waals surface area contributed by atoms with Crippen LogP contribution in [0.1, 0.15) is 91.9 Å². The van der Waals surface area contributed by atoms with Crippen LogP contribution in [0.25, 0.3) is 0 Å². The first-order valence-corrected chi connectivity index (χ1v) is 12.1. The molecule has 3 fully saturated rings. The fraction of sp³-hybridized carbons (Fsp3) is 0.885. The maximum absolute atomic E-state index is 12.3. The summed E-state index contributed by atoms with van der Waals surface area (Å²) >= 11 is 0. The van der Waals surface area contributed by atoms with Gasteiger partial charge in [0, 0.05) is 5.41 Å². The SMILES string of the molecule is CC(C)CCCC[C@H]1CCC2C3C(CC[C@@]21C)[C@@]1(C)CCC=C[C@@]1(O)[C@@H]3C=O. The topological polar surface area (TPSA) is 37.3 Å². The number of hydrogen-bond donors (Lipinski definition) is 1. The summed E-state index contributed by atoms with van der Waals surface area (Å²) in [5.74, 6) is 2.94. The molecule has 8 atom stereocenters. The minimum absolute atomic E-state index is 0.116. The van der Waals surface area contributed by atoms with Crippen LogP contribution in [0.15, 0.2) is 12.2 Å². The molecule has 28 heavy (non-hydrogen) atoms. The second kappa shape index (κ2) is 7.25. The molecule has 0 amide bonds. The molecule has 0 radical (unpaired) electrons. The van der Waals surface area contributed by atoms with Gasteiger partial charge in [0.25, 0.3) is 0 Å². The Bertz CT molecular complexity index is 624. The molecule has 0 heterocycles. The molecule has 4 rings (SSSR count). The van der Waals surface area contributed by atoms with Gasteiger partial charge in [-0.2, -0.15) is 0 Å². The van der Waals surface area contributed by atoms with Crippen molar-refractivity contribution in [3.05, 3.63) is 12.2 Å². The Hall–Kier alpha value is -0.630. The van der Waals surface area contributed by atoms with Crippen molar-refractivity contribution in [1.82, 2.24) is 0 Å². The quantitative estimate of drug-likeness (QED) is 0.336. The molecule has 2 heteroatoms. The highest BCUT2D eigenvalue weighted by atomic mass is 16.3. The van der Waals surface area contributed by atoms with E-state index in [0.29, 0.717) is 23.2 Å². The van der Waals surface area contributed by atoms with E-state index in [1.165, 1.54) is 51.4 Å². The highest BCUT2D eigenvalue weighted by Gasteiger charge is 2.70. The normalized spacial score (nSPS) is 49.7. The standard InChI is InChI=1S/C26H42O2/c1-18(2)9-5-6-10-19-11-12-20-23-21(13-16-24(19,20)3)25(4)14-7-8-15-26(25,28)22(23)17-27/h8,15,17-23,28H,5-7,9-14,16H2,1-4H3/t19-,20?,21?,22+,23?,24+,25+,26+/m0/s1. The molecule has 4 aliphatic carbocycles. The van der Waals surface area contributed by atoms with Crippen LogP contribution in [0, 0.1) is 46.3 Å². The van der Waals surface area contributed by atoms with Crippen molar-refractivity contribution in [2.75, 3.05) is 0 Å². The third kappa shape index (κ3) is 2.80. The van der Waals surface area contributed by atoms with Crippen LogP contribution < -0.4 is 0 Å². The molecule has 0 bridgehead atoms. The first-order chi connectivity index (χ1) is 13.3. The minimum atomic E-state index is -0.914. The number of carbonyl (C=O) groups is 1. The monoisotopic (exact) mass is 386 g/mol. The van der Waals surface area contributed by atoms with E-state index in [0.717, 1.165) is 31.0 Å². The summed E-state index contributed by atoms with van der Waals surface area (Å²) in [5, 5.41) is 11.7. The van der Waals surface area contributed by atoms with Gasteiger partial charge in [-0.1, -0.05) is 59.1 Å². The van der Waals surface area contributed by atoms with Crippen molar-refractivity contribution in [1.29, 1.82) is 0 Å². The third-order valence-corrected chi connectivity index (χ3v) is 10.1. The predicted molar refractivity (Wildman–Crippen MR) is 115 cm³/mol. The zero-order chi connectivity index (χ0) is 20.2. The van der Waals surface area contributed by atoms with Crippen LogP contribution >= 0.6 is 0 Å². The molecular formula is C26H42O2. The van der Waals surface area contributed by atoms with E-state index in [9.17, 15) is 9.90 Å². The van der Waals surface area contributed by atoms with Gasteiger partial charge in [-0.05, 0) is 80.0 Å². The molecule has 3 saturated carbocycles. The van der Waals surface area contributed by atoms with Crippen LogP contribution in [0.4, 0.5) is 0 Å². The molecule has 0 aromatic carbocycles. The van der Waals surface area contributed by atoms with Crippen molar-refractivity contribution in [2.45, 2.75) is 97.5 Å². The number of aldehydes is 1. The number of allylic oxidation sites excluding steroid dienone is 1. The third-order valence-electron chi connectivity index (χ3n) is 10.1. The van der Waals surface area contributed by atoms with Crippen molar-refractivity contribution >= 4 is 6.29 Å². The lowest BCUT2D eigenvalue weighted by Gasteiger charge is -2.50. The molecule has 0 aromatic rings. The maximum atomic E-state index is 12.3. The first kappa shape index (κ1) is 20.6. The number of rotatable bonds is 6.